The van der Waals surface area contributed by atoms with E-state index >= 15 is 0 Å². The first-order chi connectivity index (χ1) is 13.5. The monoisotopic (exact) mass is 419 g/mol. The van der Waals surface area contributed by atoms with Crippen molar-refractivity contribution in [1.82, 2.24) is 19.5 Å². The maximum absolute atomic E-state index is 13.3. The molecule has 0 radical (unpaired) electrons. The van der Waals surface area contributed by atoms with Crippen LogP contribution in [0.3, 0.4) is 0 Å². The second-order valence-electron chi connectivity index (χ2n) is 6.59. The first-order valence-corrected chi connectivity index (χ1v) is 9.67. The zero-order chi connectivity index (χ0) is 19.7. The standard InChI is InChI=1S/C19H19Cl2N5O2/c1-12-22-17-5-3-14(11-26(17)24-12)23-19(27)18(25-6-8-28-9-7-25)15-4-2-13(20)10-16(15)21/h2-5,10-11,18H,6-9H2,1H3,(H,23,27). The zero-order valence-electron chi connectivity index (χ0n) is 15.2. The number of fused-ring (bicyclic) bond motifs is 1. The van der Waals surface area contributed by atoms with Gasteiger partial charge in [-0.15, -0.1) is 0 Å². The van der Waals surface area contributed by atoms with Crippen LogP contribution >= 0.6 is 23.2 Å². The van der Waals surface area contributed by atoms with E-state index < -0.39 is 6.04 Å². The largest absolute Gasteiger partial charge is 0.379 e. The third-order valence-corrected chi connectivity index (χ3v) is 5.18. The molecule has 1 aromatic carbocycles. The Labute approximate surface area is 172 Å². The Morgan fingerprint density at radius 1 is 1.21 bits per heavy atom. The van der Waals surface area contributed by atoms with Crippen molar-refractivity contribution in [3.05, 3.63) is 58.0 Å². The number of rotatable bonds is 4. The number of ether oxygens (including phenoxy) is 1. The fourth-order valence-electron chi connectivity index (χ4n) is 3.34. The maximum Gasteiger partial charge on any atom is 0.246 e. The highest BCUT2D eigenvalue weighted by Crippen LogP contribution is 2.31. The van der Waals surface area contributed by atoms with E-state index in [1.165, 1.54) is 0 Å². The van der Waals surface area contributed by atoms with Gasteiger partial charge in [-0.3, -0.25) is 9.69 Å². The average Bonchev–Trinajstić information content (AvgIpc) is 3.04. The summed E-state index contributed by atoms with van der Waals surface area (Å²) < 4.78 is 7.08. The Bertz CT molecular complexity index is 1020. The number of anilines is 1. The number of nitrogens with one attached hydrogen (secondary N) is 1. The van der Waals surface area contributed by atoms with Crippen LogP contribution in [0.25, 0.3) is 5.65 Å². The second-order valence-corrected chi connectivity index (χ2v) is 7.43. The number of carbonyl (C=O) groups is 1. The number of benzene rings is 1. The molecule has 1 N–H and O–H groups in total. The predicted molar refractivity (Wildman–Crippen MR) is 108 cm³/mol. The molecule has 3 aromatic rings. The minimum Gasteiger partial charge on any atom is -0.379 e. The van der Waals surface area contributed by atoms with Crippen molar-refractivity contribution in [3.63, 3.8) is 0 Å². The van der Waals surface area contributed by atoms with Gasteiger partial charge in [-0.1, -0.05) is 29.3 Å². The Kier molecular flexibility index (Phi) is 5.50. The van der Waals surface area contributed by atoms with Gasteiger partial charge >= 0.3 is 0 Å². The molecule has 146 valence electrons. The lowest BCUT2D eigenvalue weighted by Crippen LogP contribution is -2.44. The molecule has 1 atom stereocenters. The summed E-state index contributed by atoms with van der Waals surface area (Å²) in [4.78, 5) is 19.6. The number of carbonyl (C=O) groups excluding carboxylic acids is 1. The van der Waals surface area contributed by atoms with Crippen LogP contribution in [-0.4, -0.2) is 51.7 Å². The van der Waals surface area contributed by atoms with Crippen molar-refractivity contribution in [2.24, 2.45) is 0 Å². The summed E-state index contributed by atoms with van der Waals surface area (Å²) in [5, 5.41) is 8.26. The van der Waals surface area contributed by atoms with Crippen LogP contribution in [0, 0.1) is 6.92 Å². The highest BCUT2D eigenvalue weighted by Gasteiger charge is 2.31. The van der Waals surface area contributed by atoms with Crippen LogP contribution in [0.5, 0.6) is 0 Å². The smallest absolute Gasteiger partial charge is 0.246 e. The van der Waals surface area contributed by atoms with Crippen LogP contribution in [0.1, 0.15) is 17.4 Å². The lowest BCUT2D eigenvalue weighted by atomic mass is 10.0. The molecule has 0 bridgehead atoms. The number of halogens is 2. The highest BCUT2D eigenvalue weighted by atomic mass is 35.5. The van der Waals surface area contributed by atoms with Gasteiger partial charge in [0.2, 0.25) is 5.91 Å². The molecule has 3 heterocycles. The molecule has 0 aliphatic carbocycles. The van der Waals surface area contributed by atoms with Gasteiger partial charge in [-0.05, 0) is 36.8 Å². The minimum absolute atomic E-state index is 0.178. The molecule has 1 aliphatic rings. The number of aromatic nitrogens is 3. The summed E-state index contributed by atoms with van der Waals surface area (Å²) in [6.07, 6.45) is 1.74. The molecule has 0 spiro atoms. The van der Waals surface area contributed by atoms with E-state index in [9.17, 15) is 4.79 Å². The van der Waals surface area contributed by atoms with Gasteiger partial charge < -0.3 is 10.1 Å². The molecule has 9 heteroatoms. The van der Waals surface area contributed by atoms with E-state index in [0.29, 0.717) is 53.4 Å². The van der Waals surface area contributed by atoms with Crippen molar-refractivity contribution in [3.8, 4) is 0 Å². The topological polar surface area (TPSA) is 71.8 Å². The predicted octanol–water partition coefficient (Wildman–Crippen LogP) is 3.36. The van der Waals surface area contributed by atoms with E-state index in [2.05, 4.69) is 20.3 Å². The maximum atomic E-state index is 13.3. The summed E-state index contributed by atoms with van der Waals surface area (Å²) in [5.41, 5.74) is 2.06. The molecular formula is C19H19Cl2N5O2. The quantitative estimate of drug-likeness (QED) is 0.701. The molecule has 1 amide bonds. The first kappa shape index (κ1) is 19.1. The highest BCUT2D eigenvalue weighted by molar-refractivity contribution is 6.35. The van der Waals surface area contributed by atoms with E-state index in [-0.39, 0.29) is 5.91 Å². The minimum atomic E-state index is -0.554. The van der Waals surface area contributed by atoms with Crippen molar-refractivity contribution < 1.29 is 9.53 Å². The molecule has 1 unspecified atom stereocenters. The van der Waals surface area contributed by atoms with Crippen molar-refractivity contribution >= 4 is 40.4 Å². The molecule has 1 saturated heterocycles. The summed E-state index contributed by atoms with van der Waals surface area (Å²) in [6, 6.07) is 8.27. The Morgan fingerprint density at radius 3 is 2.75 bits per heavy atom. The van der Waals surface area contributed by atoms with Gasteiger partial charge in [-0.2, -0.15) is 5.10 Å². The van der Waals surface area contributed by atoms with E-state index in [0.717, 1.165) is 5.65 Å². The van der Waals surface area contributed by atoms with Crippen LogP contribution < -0.4 is 5.32 Å². The van der Waals surface area contributed by atoms with Gasteiger partial charge in [0, 0.05) is 23.1 Å². The molecule has 4 rings (SSSR count). The van der Waals surface area contributed by atoms with Gasteiger partial charge in [0.15, 0.2) is 5.65 Å². The molecule has 28 heavy (non-hydrogen) atoms. The number of hydrogen-bond donors (Lipinski definition) is 1. The lowest BCUT2D eigenvalue weighted by molar-refractivity contribution is -0.123. The van der Waals surface area contributed by atoms with E-state index in [4.69, 9.17) is 27.9 Å². The number of nitrogens with zero attached hydrogens (tertiary/aromatic N) is 4. The Balaban J connectivity index is 1.65. The summed E-state index contributed by atoms with van der Waals surface area (Å²) in [7, 11) is 0. The fraction of sp³-hybridized carbons (Fsp3) is 0.316. The number of amides is 1. The third kappa shape index (κ3) is 3.98. The SMILES string of the molecule is Cc1nc2ccc(NC(=O)C(c3ccc(Cl)cc3Cl)N3CCOCC3)cn2n1. The van der Waals surface area contributed by atoms with Crippen LogP contribution in [0.15, 0.2) is 36.5 Å². The van der Waals surface area contributed by atoms with Crippen molar-refractivity contribution in [1.29, 1.82) is 0 Å². The number of aryl methyl sites for hydroxylation is 1. The average molecular weight is 420 g/mol. The molecular weight excluding hydrogens is 401 g/mol. The molecule has 1 aliphatic heterocycles. The third-order valence-electron chi connectivity index (χ3n) is 4.62. The van der Waals surface area contributed by atoms with E-state index in [1.807, 2.05) is 13.0 Å². The molecule has 0 saturated carbocycles. The van der Waals surface area contributed by atoms with Crippen LogP contribution in [0.2, 0.25) is 10.0 Å². The summed E-state index contributed by atoms with van der Waals surface area (Å²) in [5.74, 6) is 0.491. The molecule has 2 aromatic heterocycles. The second kappa shape index (κ2) is 8.05. The molecule has 7 nitrogen and oxygen atoms in total. The molecule has 1 fully saturated rings. The van der Waals surface area contributed by atoms with Crippen molar-refractivity contribution in [2.75, 3.05) is 31.6 Å². The summed E-state index contributed by atoms with van der Waals surface area (Å²) in [6.45, 7) is 4.23. The fourth-order valence-corrected chi connectivity index (χ4v) is 3.85. The van der Waals surface area contributed by atoms with E-state index in [1.54, 1.807) is 35.0 Å². The Hall–Kier alpha value is -2.19. The van der Waals surface area contributed by atoms with Crippen LogP contribution in [0.4, 0.5) is 5.69 Å². The van der Waals surface area contributed by atoms with Gasteiger partial charge in [0.05, 0.1) is 25.1 Å². The number of pyridine rings is 1. The first-order valence-electron chi connectivity index (χ1n) is 8.92. The van der Waals surface area contributed by atoms with Crippen molar-refractivity contribution in [2.45, 2.75) is 13.0 Å². The Morgan fingerprint density at radius 2 is 2.00 bits per heavy atom. The zero-order valence-corrected chi connectivity index (χ0v) is 16.7. The number of morpholine rings is 1. The van der Waals surface area contributed by atoms with Gasteiger partial charge in [0.1, 0.15) is 11.9 Å². The number of hydrogen-bond acceptors (Lipinski definition) is 5. The van der Waals surface area contributed by atoms with Crippen LogP contribution in [-0.2, 0) is 9.53 Å². The van der Waals surface area contributed by atoms with Gasteiger partial charge in [0.25, 0.3) is 0 Å². The summed E-state index contributed by atoms with van der Waals surface area (Å²) >= 11 is 12.5. The normalized spacial score (nSPS) is 16.2. The van der Waals surface area contributed by atoms with Gasteiger partial charge in [-0.25, -0.2) is 9.50 Å². The lowest BCUT2D eigenvalue weighted by Gasteiger charge is -2.34.